The second kappa shape index (κ2) is 1.84. The lowest BCUT2D eigenvalue weighted by Gasteiger charge is -2.02. The van der Waals surface area contributed by atoms with E-state index in [1.807, 2.05) is 0 Å². The molecule has 0 saturated heterocycles. The van der Waals surface area contributed by atoms with E-state index in [-0.39, 0.29) is 0 Å². The molecule has 0 aromatic carbocycles. The van der Waals surface area contributed by atoms with Gasteiger partial charge in [0.05, 0.1) is 0 Å². The Morgan fingerprint density at radius 1 is 1.56 bits per heavy atom. The maximum Gasteiger partial charge on any atom is 0.249 e. The largest absolute Gasteiger partial charge is 0.249 e. The Balaban J connectivity index is 2.63. The van der Waals surface area contributed by atoms with E-state index < -0.39 is 12.0 Å². The number of hydrogen-bond donors (Lipinski definition) is 0. The fraction of sp³-hybridized carbons (Fsp3) is 1.00. The van der Waals surface area contributed by atoms with Crippen molar-refractivity contribution < 1.29 is 8.78 Å². The van der Waals surface area contributed by atoms with E-state index >= 15 is 0 Å². The Hall–Kier alpha value is -0.830. The van der Waals surface area contributed by atoms with Crippen molar-refractivity contribution in [3.8, 4) is 0 Å². The molecule has 5 heteroatoms. The first-order chi connectivity index (χ1) is 4.21. The van der Waals surface area contributed by atoms with Crippen molar-refractivity contribution in [3.05, 3.63) is 10.4 Å². The Bertz CT molecular complexity index is 157. The maximum absolute atomic E-state index is 11.8. The van der Waals surface area contributed by atoms with E-state index in [1.165, 1.54) is 0 Å². The van der Waals surface area contributed by atoms with Gasteiger partial charge in [-0.15, -0.1) is 0 Å². The van der Waals surface area contributed by atoms with Crippen molar-refractivity contribution in [1.82, 2.24) is 0 Å². The smallest absolute Gasteiger partial charge is 0.210 e. The molecule has 1 rings (SSSR count). The third-order valence-electron chi connectivity index (χ3n) is 1.41. The van der Waals surface area contributed by atoms with Crippen molar-refractivity contribution in [1.29, 1.82) is 0 Å². The molecule has 0 aliphatic heterocycles. The van der Waals surface area contributed by atoms with Crippen LogP contribution in [0.25, 0.3) is 10.4 Å². The summed E-state index contributed by atoms with van der Waals surface area (Å²) in [5.74, 6) is 0. The number of alkyl halides is 2. The van der Waals surface area contributed by atoms with Crippen LogP contribution >= 0.6 is 0 Å². The molecule has 0 amide bonds. The fourth-order valence-electron chi connectivity index (χ4n) is 0.579. The Morgan fingerprint density at radius 3 is 2.22 bits per heavy atom. The Kier molecular flexibility index (Phi) is 1.29. The first kappa shape index (κ1) is 6.29. The van der Waals surface area contributed by atoms with Gasteiger partial charge < -0.3 is 0 Å². The van der Waals surface area contributed by atoms with Crippen LogP contribution in [0, 0.1) is 0 Å². The minimum absolute atomic E-state index is 0.328. The minimum Gasteiger partial charge on any atom is -0.210 e. The first-order valence-electron chi connectivity index (χ1n) is 2.56. The van der Waals surface area contributed by atoms with E-state index in [2.05, 4.69) is 10.0 Å². The third-order valence-corrected chi connectivity index (χ3v) is 1.41. The molecular weight excluding hydrogens is 128 g/mol. The molecule has 1 saturated carbocycles. The summed E-state index contributed by atoms with van der Waals surface area (Å²) < 4.78 is 23.6. The molecule has 0 aromatic heterocycles. The van der Waals surface area contributed by atoms with E-state index in [4.69, 9.17) is 5.53 Å². The van der Waals surface area contributed by atoms with Gasteiger partial charge in [-0.1, -0.05) is 5.11 Å². The number of rotatable bonds is 2. The van der Waals surface area contributed by atoms with Gasteiger partial charge in [-0.3, -0.25) is 0 Å². The second-order valence-electron chi connectivity index (χ2n) is 2.09. The van der Waals surface area contributed by atoms with E-state index in [9.17, 15) is 8.78 Å². The molecule has 50 valence electrons. The van der Waals surface area contributed by atoms with E-state index in [0.29, 0.717) is 12.8 Å². The summed E-state index contributed by atoms with van der Waals surface area (Å²) >= 11 is 0. The van der Waals surface area contributed by atoms with Crippen molar-refractivity contribution >= 4 is 0 Å². The van der Waals surface area contributed by atoms with Crippen molar-refractivity contribution in [2.45, 2.75) is 24.8 Å². The summed E-state index contributed by atoms with van der Waals surface area (Å²) in [5, 5.41) is 3.00. The van der Waals surface area contributed by atoms with Gasteiger partial charge in [-0.05, 0) is 18.4 Å². The van der Waals surface area contributed by atoms with Crippen LogP contribution in [0.15, 0.2) is 5.11 Å². The van der Waals surface area contributed by atoms with Gasteiger partial charge in [0.2, 0.25) is 6.43 Å². The zero-order valence-electron chi connectivity index (χ0n) is 4.59. The molecule has 0 unspecified atom stereocenters. The molecule has 0 spiro atoms. The van der Waals surface area contributed by atoms with Gasteiger partial charge in [-0.2, -0.15) is 0 Å². The van der Waals surface area contributed by atoms with Gasteiger partial charge in [-0.25, -0.2) is 8.78 Å². The van der Waals surface area contributed by atoms with Crippen LogP contribution in [0.5, 0.6) is 0 Å². The van der Waals surface area contributed by atoms with Crippen LogP contribution in [-0.4, -0.2) is 12.0 Å². The van der Waals surface area contributed by atoms with Crippen LogP contribution in [0.1, 0.15) is 12.8 Å². The van der Waals surface area contributed by atoms with Crippen molar-refractivity contribution in [3.63, 3.8) is 0 Å². The molecule has 0 N–H and O–H groups in total. The molecule has 9 heavy (non-hydrogen) atoms. The molecular formula is C4H5F2N3. The number of azide groups is 1. The van der Waals surface area contributed by atoms with Crippen LogP contribution < -0.4 is 0 Å². The summed E-state index contributed by atoms with van der Waals surface area (Å²) in [6, 6.07) is 0. The van der Waals surface area contributed by atoms with Gasteiger partial charge >= 0.3 is 0 Å². The van der Waals surface area contributed by atoms with Crippen LogP contribution in [0.3, 0.4) is 0 Å². The summed E-state index contributed by atoms with van der Waals surface area (Å²) in [6.07, 6.45) is -1.84. The average molecular weight is 133 g/mol. The van der Waals surface area contributed by atoms with E-state index in [1.54, 1.807) is 0 Å². The topological polar surface area (TPSA) is 48.8 Å². The van der Waals surface area contributed by atoms with Gasteiger partial charge in [0, 0.05) is 4.91 Å². The predicted molar refractivity (Wildman–Crippen MR) is 27.1 cm³/mol. The molecule has 0 radical (unpaired) electrons. The van der Waals surface area contributed by atoms with Crippen LogP contribution in [-0.2, 0) is 0 Å². The van der Waals surface area contributed by atoms with Crippen LogP contribution in [0.2, 0.25) is 0 Å². The number of nitrogens with zero attached hydrogens (tertiary/aromatic N) is 3. The lowest BCUT2D eigenvalue weighted by Crippen LogP contribution is -2.15. The molecule has 0 heterocycles. The van der Waals surface area contributed by atoms with Gasteiger partial charge in [0.15, 0.2) is 0 Å². The van der Waals surface area contributed by atoms with Gasteiger partial charge in [0.25, 0.3) is 0 Å². The molecule has 3 nitrogen and oxygen atoms in total. The third kappa shape index (κ3) is 0.954. The normalized spacial score (nSPS) is 21.2. The quantitative estimate of drug-likeness (QED) is 0.314. The Morgan fingerprint density at radius 2 is 2.11 bits per heavy atom. The highest BCUT2D eigenvalue weighted by molar-refractivity contribution is 5.04. The monoisotopic (exact) mass is 133 g/mol. The molecule has 0 atom stereocenters. The first-order valence-corrected chi connectivity index (χ1v) is 2.56. The summed E-state index contributed by atoms with van der Waals surface area (Å²) in [5.41, 5.74) is 6.49. The fourth-order valence-corrected chi connectivity index (χ4v) is 0.579. The highest BCUT2D eigenvalue weighted by Gasteiger charge is 2.50. The standard InChI is InChI=1S/C4H5F2N3/c5-3(6)4(1-2-4)8-9-7/h3H,1-2H2. The maximum atomic E-state index is 11.8. The molecule has 0 aromatic rings. The second-order valence-corrected chi connectivity index (χ2v) is 2.09. The summed E-state index contributed by atoms with van der Waals surface area (Å²) in [6.45, 7) is 0. The SMILES string of the molecule is [N-]=[N+]=NC1(C(F)F)CC1. The molecule has 0 bridgehead atoms. The lowest BCUT2D eigenvalue weighted by molar-refractivity contribution is 0.105. The minimum atomic E-state index is -2.49. The molecule has 1 aliphatic rings. The number of hydrogen-bond acceptors (Lipinski definition) is 1. The Labute approximate surface area is 50.3 Å². The molecule has 1 aliphatic carbocycles. The number of halogens is 2. The summed E-state index contributed by atoms with van der Waals surface area (Å²) in [4.78, 5) is 2.34. The van der Waals surface area contributed by atoms with E-state index in [0.717, 1.165) is 0 Å². The van der Waals surface area contributed by atoms with Crippen molar-refractivity contribution in [2.24, 2.45) is 5.11 Å². The highest BCUT2D eigenvalue weighted by atomic mass is 19.3. The molecule has 1 fully saturated rings. The average Bonchev–Trinajstić information content (AvgIpc) is 2.49. The zero-order valence-corrected chi connectivity index (χ0v) is 4.59. The van der Waals surface area contributed by atoms with Crippen molar-refractivity contribution in [2.75, 3.05) is 0 Å². The zero-order chi connectivity index (χ0) is 6.91. The lowest BCUT2D eigenvalue weighted by atomic mass is 10.3. The summed E-state index contributed by atoms with van der Waals surface area (Å²) in [7, 11) is 0. The van der Waals surface area contributed by atoms with Gasteiger partial charge in [0.1, 0.15) is 5.54 Å². The highest BCUT2D eigenvalue weighted by Crippen LogP contribution is 2.44. The predicted octanol–water partition coefficient (Wildman–Crippen LogP) is 2.09. The van der Waals surface area contributed by atoms with Crippen LogP contribution in [0.4, 0.5) is 8.78 Å².